The van der Waals surface area contributed by atoms with Crippen molar-refractivity contribution in [3.63, 3.8) is 0 Å². The van der Waals surface area contributed by atoms with Crippen LogP contribution in [0.4, 0.5) is 0 Å². The molecule has 4 heavy (non-hydrogen) atoms. The molecule has 0 aromatic carbocycles. The summed E-state index contributed by atoms with van der Waals surface area (Å²) in [5.74, 6) is 0. The average Bonchev–Trinajstić information content (AvgIpc) is 1.00. The Morgan fingerprint density at radius 2 is 1.00 bits per heavy atom. The normalized spacial score (nSPS) is 3.00. The van der Waals surface area contributed by atoms with Gasteiger partial charge in [-0.25, -0.2) is 0 Å². The molecular formula is H9AlSi2Zn. The summed E-state index contributed by atoms with van der Waals surface area (Å²) in [4.78, 5) is 0. The van der Waals surface area contributed by atoms with Crippen molar-refractivity contribution in [2.45, 2.75) is 0 Å². The van der Waals surface area contributed by atoms with E-state index < -0.39 is 0 Å². The maximum atomic E-state index is 1.44. The van der Waals surface area contributed by atoms with E-state index in [0.29, 0.717) is 0 Å². The monoisotopic (exact) mass is 156 g/mol. The Morgan fingerprint density at radius 3 is 1.00 bits per heavy atom. The summed E-state index contributed by atoms with van der Waals surface area (Å²) in [6.45, 7) is 0. The maximum absolute atomic E-state index is 1.44. The fourth-order valence-electron chi connectivity index (χ4n) is 0. The van der Waals surface area contributed by atoms with Crippen LogP contribution in [-0.4, -0.2) is 36.9 Å². The van der Waals surface area contributed by atoms with E-state index in [0.717, 1.165) is 0 Å². The molecule has 0 aliphatic carbocycles. The van der Waals surface area contributed by atoms with Crippen LogP contribution < -0.4 is 0 Å². The van der Waals surface area contributed by atoms with E-state index in [1.165, 1.54) is 19.5 Å². The first-order chi connectivity index (χ1) is 1.00. The van der Waals surface area contributed by atoms with Crippen LogP contribution in [0.3, 0.4) is 0 Å². The van der Waals surface area contributed by atoms with Gasteiger partial charge in [0.2, 0.25) is 0 Å². The smallest absolute Gasteiger partial charge is 0.0125 e. The predicted octanol–water partition coefficient (Wildman–Crippen LogP) is -3.55. The van der Waals surface area contributed by atoms with E-state index in [2.05, 4.69) is 0 Å². The molecule has 22 valence electrons. The first-order valence-electron chi connectivity index (χ1n) is 1.00. The molecule has 0 unspecified atom stereocenters. The van der Waals surface area contributed by atoms with Crippen molar-refractivity contribution in [1.29, 1.82) is 0 Å². The van der Waals surface area contributed by atoms with E-state index in [4.69, 9.17) is 0 Å². The van der Waals surface area contributed by atoms with E-state index in [1.807, 2.05) is 0 Å². The third-order valence-electron chi connectivity index (χ3n) is 0. The second kappa shape index (κ2) is 23.4. The number of hydrogen-bond donors (Lipinski definition) is 0. The van der Waals surface area contributed by atoms with E-state index in [9.17, 15) is 0 Å². The first kappa shape index (κ1) is 17.6. The summed E-state index contributed by atoms with van der Waals surface area (Å²) in [5, 5.41) is 0. The Hall–Kier alpha value is 1.59. The topological polar surface area (TPSA) is 0 Å². The molecule has 0 radical (unpaired) electrons. The van der Waals surface area contributed by atoms with Gasteiger partial charge in [0, 0.05) is 19.5 Å². The Kier molecular flexibility index (Phi) is 103. The molecule has 0 amide bonds. The van der Waals surface area contributed by atoms with Crippen molar-refractivity contribution in [3.8, 4) is 0 Å². The van der Waals surface area contributed by atoms with Crippen molar-refractivity contribution in [2.24, 2.45) is 0 Å². The molecule has 0 aliphatic heterocycles. The minimum Gasteiger partial charge on any atom is -0.0125 e. The zero-order chi connectivity index (χ0) is 2.00. The van der Waals surface area contributed by atoms with Crippen LogP contribution in [0.25, 0.3) is 0 Å². The van der Waals surface area contributed by atoms with Crippen LogP contribution in [0, 0.1) is 0 Å². The molecule has 0 N–H and O–H groups in total. The number of rotatable bonds is 0. The molecule has 0 saturated carbocycles. The van der Waals surface area contributed by atoms with Gasteiger partial charge >= 0.3 is 0 Å². The molecule has 0 fully saturated rings. The average molecular weight is 158 g/mol. The third-order valence-corrected chi connectivity index (χ3v) is 0. The van der Waals surface area contributed by atoms with E-state index >= 15 is 0 Å². The molecule has 0 aliphatic rings. The first-order valence-corrected chi connectivity index (χ1v) is 9.00. The fourth-order valence-corrected chi connectivity index (χ4v) is 0. The molecule has 4 heteroatoms. The molecule has 0 saturated heterocycles. The van der Waals surface area contributed by atoms with Gasteiger partial charge in [-0.15, -0.1) is 0 Å². The van der Waals surface area contributed by atoms with Gasteiger partial charge in [0.25, 0.3) is 0 Å². The maximum Gasteiger partial charge on any atom is 0.187 e. The van der Waals surface area contributed by atoms with Gasteiger partial charge in [-0.3, -0.25) is 0 Å². The van der Waals surface area contributed by atoms with Crippen molar-refractivity contribution < 1.29 is 19.5 Å². The van der Waals surface area contributed by atoms with Crippen molar-refractivity contribution in [2.75, 3.05) is 0 Å². The van der Waals surface area contributed by atoms with Gasteiger partial charge in [0.1, 0.15) is 0 Å². The Balaban J connectivity index is -0.00000000500. The summed E-state index contributed by atoms with van der Waals surface area (Å²) in [6, 6.07) is 0. The summed E-state index contributed by atoms with van der Waals surface area (Å²) < 4.78 is 0. The van der Waals surface area contributed by atoms with E-state index in [-0.39, 0.29) is 36.8 Å². The molecule has 0 heterocycles. The number of hydrogen-bond acceptors (Lipinski definition) is 0. The van der Waals surface area contributed by atoms with Gasteiger partial charge < -0.3 is 0 Å². The van der Waals surface area contributed by atoms with Crippen LogP contribution in [-0.2, 0) is 19.5 Å². The van der Waals surface area contributed by atoms with Crippen LogP contribution in [0.15, 0.2) is 0 Å². The molecule has 0 bridgehead atoms. The van der Waals surface area contributed by atoms with Crippen LogP contribution in [0.2, 0.25) is 0 Å². The molecule has 0 aromatic heterocycles. The van der Waals surface area contributed by atoms with Gasteiger partial charge in [-0.2, -0.15) is 0 Å². The summed E-state index contributed by atoms with van der Waals surface area (Å²) in [5.41, 5.74) is 0. The zero-order valence-corrected chi connectivity index (χ0v) is 9.67. The predicted molar refractivity (Wildman–Crippen MR) is 29.8 cm³/mol. The summed E-state index contributed by atoms with van der Waals surface area (Å²) in [6.07, 6.45) is 0. The molecular weight excluding hydrogens is 149 g/mol. The minimum atomic E-state index is 0. The Labute approximate surface area is 56.3 Å². The standard InChI is InChI=1S/Al.H6Si2.Zn.3H/c;1-2;;;;/h;1-2H3;;;;. The Bertz CT molecular complexity index is 6.00. The second-order valence-electron chi connectivity index (χ2n) is 0. The largest absolute Gasteiger partial charge is 0.187 e. The molecule has 0 nitrogen and oxygen atoms in total. The van der Waals surface area contributed by atoms with Gasteiger partial charge in [-0.1, -0.05) is 0 Å². The molecule has 0 aromatic rings. The summed E-state index contributed by atoms with van der Waals surface area (Å²) in [7, 11) is 2.89. The zero-order valence-electron chi connectivity index (χ0n) is 2.71. The van der Waals surface area contributed by atoms with Gasteiger partial charge in [0.05, 0.1) is 0 Å². The van der Waals surface area contributed by atoms with Crippen molar-refractivity contribution in [1.82, 2.24) is 0 Å². The second-order valence-corrected chi connectivity index (χ2v) is 0. The van der Waals surface area contributed by atoms with Gasteiger partial charge in [0.15, 0.2) is 17.4 Å². The fraction of sp³-hybridized carbons (Fsp3) is 0. The molecule has 0 rings (SSSR count). The van der Waals surface area contributed by atoms with Crippen molar-refractivity contribution >= 4 is 36.9 Å². The SMILES string of the molecule is [AlH3].[SiH3][SiH3].[Zn]. The third kappa shape index (κ3) is 9.53. The Morgan fingerprint density at radius 1 is 1.00 bits per heavy atom. The summed E-state index contributed by atoms with van der Waals surface area (Å²) >= 11 is 0. The van der Waals surface area contributed by atoms with Gasteiger partial charge in [-0.05, 0) is 19.5 Å². The van der Waals surface area contributed by atoms with E-state index in [1.54, 1.807) is 0 Å². The minimum absolute atomic E-state index is 0. The van der Waals surface area contributed by atoms with Crippen LogP contribution in [0.1, 0.15) is 0 Å². The van der Waals surface area contributed by atoms with Crippen molar-refractivity contribution in [3.05, 3.63) is 0 Å². The quantitative estimate of drug-likeness (QED) is 0.320. The van der Waals surface area contributed by atoms with Crippen LogP contribution in [0.5, 0.6) is 0 Å². The molecule has 0 atom stereocenters. The van der Waals surface area contributed by atoms with Crippen LogP contribution >= 0.6 is 0 Å². The molecule has 0 spiro atoms.